The summed E-state index contributed by atoms with van der Waals surface area (Å²) in [6.07, 6.45) is 2.56. The summed E-state index contributed by atoms with van der Waals surface area (Å²) in [5.74, 6) is 0.330. The fourth-order valence-corrected chi connectivity index (χ4v) is 1.37. The van der Waals surface area contributed by atoms with E-state index in [-0.39, 0.29) is 11.8 Å². The number of nitrogens with zero attached hydrogens (tertiary/aromatic N) is 4. The minimum Gasteiger partial charge on any atom is -0.382 e. The normalized spacial score (nSPS) is 10.9. The first-order chi connectivity index (χ1) is 8.20. The summed E-state index contributed by atoms with van der Waals surface area (Å²) < 4.78 is 5.37. The molecule has 0 aliphatic carbocycles. The van der Waals surface area contributed by atoms with E-state index in [1.807, 2.05) is 6.92 Å². The Morgan fingerprint density at radius 1 is 1.24 bits per heavy atom. The molecule has 2 rings (SSSR count). The molecule has 0 fully saturated rings. The molecular weight excluding hydrogens is 220 g/mol. The third-order valence-electron chi connectivity index (χ3n) is 2.10. The van der Waals surface area contributed by atoms with E-state index >= 15 is 0 Å². The molecule has 0 aromatic carbocycles. The average molecular weight is 234 g/mol. The van der Waals surface area contributed by atoms with Crippen LogP contribution in [0, 0.1) is 0 Å². The Bertz CT molecular complexity index is 529. The second kappa shape index (κ2) is 4.88. The Balaban J connectivity index is 2.30. The summed E-state index contributed by atoms with van der Waals surface area (Å²) in [5, 5.41) is 0. The molecule has 2 aromatic heterocycles. The minimum atomic E-state index is 0.0966. The zero-order chi connectivity index (χ0) is 12.3. The smallest absolute Gasteiger partial charge is 0.224 e. The van der Waals surface area contributed by atoms with Crippen LogP contribution in [0.3, 0.4) is 0 Å². The lowest BCUT2D eigenvalue weighted by Crippen LogP contribution is -2.05. The van der Waals surface area contributed by atoms with Gasteiger partial charge in [0.1, 0.15) is 0 Å². The van der Waals surface area contributed by atoms with Crippen LogP contribution in [0.2, 0.25) is 0 Å². The molecule has 0 bridgehead atoms. The maximum absolute atomic E-state index is 5.71. The van der Waals surface area contributed by atoms with Gasteiger partial charge in [0.25, 0.3) is 0 Å². The number of rotatable bonds is 4. The van der Waals surface area contributed by atoms with Crippen LogP contribution in [0.1, 0.15) is 19.0 Å². The van der Waals surface area contributed by atoms with Crippen LogP contribution >= 0.6 is 0 Å². The van der Waals surface area contributed by atoms with Crippen molar-refractivity contribution in [3.63, 3.8) is 0 Å². The van der Waals surface area contributed by atoms with Crippen molar-refractivity contribution in [3.8, 4) is 0 Å². The molecule has 17 heavy (non-hydrogen) atoms. The Morgan fingerprint density at radius 2 is 2.06 bits per heavy atom. The predicted octanol–water partition coefficient (Wildman–Crippen LogP) is 0.511. The Morgan fingerprint density at radius 3 is 2.82 bits per heavy atom. The van der Waals surface area contributed by atoms with Gasteiger partial charge in [-0.15, -0.1) is 0 Å². The molecule has 0 aliphatic heterocycles. The molecule has 0 atom stereocenters. The molecule has 0 saturated heterocycles. The number of anilines is 2. The van der Waals surface area contributed by atoms with E-state index in [1.165, 1.54) is 0 Å². The molecule has 90 valence electrons. The quantitative estimate of drug-likeness (QED) is 0.741. The summed E-state index contributed by atoms with van der Waals surface area (Å²) in [6, 6.07) is 0. The van der Waals surface area contributed by atoms with Crippen molar-refractivity contribution in [2.24, 2.45) is 0 Å². The third kappa shape index (κ3) is 2.56. The first-order valence-corrected chi connectivity index (χ1v) is 5.33. The van der Waals surface area contributed by atoms with Crippen LogP contribution in [-0.4, -0.2) is 26.5 Å². The average Bonchev–Trinajstić information content (AvgIpc) is 2.30. The van der Waals surface area contributed by atoms with E-state index in [2.05, 4.69) is 19.9 Å². The lowest BCUT2D eigenvalue weighted by Gasteiger charge is -2.04. The van der Waals surface area contributed by atoms with Gasteiger partial charge < -0.3 is 16.2 Å². The number of hydrogen-bond acceptors (Lipinski definition) is 7. The van der Waals surface area contributed by atoms with Crippen LogP contribution in [0.5, 0.6) is 0 Å². The largest absolute Gasteiger partial charge is 0.382 e. The molecule has 2 heterocycles. The number of ether oxygens (including phenoxy) is 1. The second-order valence-electron chi connectivity index (χ2n) is 3.55. The predicted molar refractivity (Wildman–Crippen MR) is 63.9 cm³/mol. The third-order valence-corrected chi connectivity index (χ3v) is 2.10. The van der Waals surface area contributed by atoms with E-state index < -0.39 is 0 Å². The maximum atomic E-state index is 5.71. The monoisotopic (exact) mass is 234 g/mol. The molecule has 0 unspecified atom stereocenters. The zero-order valence-electron chi connectivity index (χ0n) is 9.55. The van der Waals surface area contributed by atoms with Gasteiger partial charge in [0, 0.05) is 6.61 Å². The van der Waals surface area contributed by atoms with Crippen LogP contribution in [0.4, 0.5) is 11.8 Å². The fraction of sp³-hybridized carbons (Fsp3) is 0.400. The van der Waals surface area contributed by atoms with Crippen molar-refractivity contribution >= 4 is 22.9 Å². The first-order valence-electron chi connectivity index (χ1n) is 5.33. The van der Waals surface area contributed by atoms with Crippen molar-refractivity contribution in [1.29, 1.82) is 0 Å². The molecule has 0 radical (unpaired) electrons. The fourth-order valence-electron chi connectivity index (χ4n) is 1.37. The van der Waals surface area contributed by atoms with Crippen molar-refractivity contribution in [1.82, 2.24) is 19.9 Å². The molecule has 7 nitrogen and oxygen atoms in total. The van der Waals surface area contributed by atoms with E-state index in [4.69, 9.17) is 16.2 Å². The summed E-state index contributed by atoms with van der Waals surface area (Å²) >= 11 is 0. The number of hydrogen-bond donors (Lipinski definition) is 2. The van der Waals surface area contributed by atoms with Gasteiger partial charge in [-0.05, 0) is 6.42 Å². The molecule has 0 spiro atoms. The number of fused-ring (bicyclic) bond motifs is 1. The number of nitrogens with two attached hydrogens (primary N) is 2. The Kier molecular flexibility index (Phi) is 3.29. The number of aromatic nitrogens is 4. The molecular formula is C10H14N6O. The molecule has 0 aliphatic rings. The summed E-state index contributed by atoms with van der Waals surface area (Å²) in [6.45, 7) is 3.13. The molecule has 0 amide bonds. The first kappa shape index (κ1) is 11.5. The van der Waals surface area contributed by atoms with Crippen molar-refractivity contribution < 1.29 is 4.74 Å². The van der Waals surface area contributed by atoms with Gasteiger partial charge in [-0.2, -0.15) is 9.97 Å². The molecule has 4 N–H and O–H groups in total. The summed E-state index contributed by atoms with van der Waals surface area (Å²) in [5.41, 5.74) is 12.7. The standard InChI is InChI=1S/C10H14N6O/c1-2-3-17-5-6-4-13-9-7(14-6)8(11)15-10(12)16-9/h4H,2-3,5H2,1H3,(H4,11,12,13,15,16). The van der Waals surface area contributed by atoms with E-state index in [9.17, 15) is 0 Å². The summed E-state index contributed by atoms with van der Waals surface area (Å²) in [7, 11) is 0. The van der Waals surface area contributed by atoms with Gasteiger partial charge in [0.2, 0.25) is 5.95 Å². The highest BCUT2D eigenvalue weighted by molar-refractivity contribution is 5.81. The molecule has 0 saturated carbocycles. The van der Waals surface area contributed by atoms with Gasteiger partial charge in [-0.25, -0.2) is 9.97 Å². The topological polar surface area (TPSA) is 113 Å². The number of nitrogen functional groups attached to an aromatic ring is 2. The Hall–Kier alpha value is -2.02. The van der Waals surface area contributed by atoms with E-state index in [1.54, 1.807) is 6.20 Å². The highest BCUT2D eigenvalue weighted by Gasteiger charge is 2.07. The van der Waals surface area contributed by atoms with E-state index in [0.717, 1.165) is 6.42 Å². The highest BCUT2D eigenvalue weighted by Crippen LogP contribution is 2.14. The van der Waals surface area contributed by atoms with Crippen LogP contribution in [-0.2, 0) is 11.3 Å². The lowest BCUT2D eigenvalue weighted by atomic mass is 10.4. The zero-order valence-corrected chi connectivity index (χ0v) is 9.55. The van der Waals surface area contributed by atoms with Crippen LogP contribution in [0.15, 0.2) is 6.20 Å². The van der Waals surface area contributed by atoms with Gasteiger partial charge in [-0.1, -0.05) is 6.92 Å². The SMILES string of the molecule is CCCOCc1cnc2nc(N)nc(N)c2n1. The van der Waals surface area contributed by atoms with Crippen LogP contribution in [0.25, 0.3) is 11.2 Å². The molecule has 2 aromatic rings. The van der Waals surface area contributed by atoms with Crippen LogP contribution < -0.4 is 11.5 Å². The van der Waals surface area contributed by atoms with Gasteiger partial charge in [-0.3, -0.25) is 0 Å². The van der Waals surface area contributed by atoms with Gasteiger partial charge >= 0.3 is 0 Å². The lowest BCUT2D eigenvalue weighted by molar-refractivity contribution is 0.119. The Labute approximate surface area is 98.2 Å². The van der Waals surface area contributed by atoms with Crippen molar-refractivity contribution in [2.45, 2.75) is 20.0 Å². The van der Waals surface area contributed by atoms with E-state index in [0.29, 0.717) is 30.1 Å². The van der Waals surface area contributed by atoms with Crippen molar-refractivity contribution in [2.75, 3.05) is 18.1 Å². The van der Waals surface area contributed by atoms with Gasteiger partial charge in [0.05, 0.1) is 18.5 Å². The second-order valence-corrected chi connectivity index (χ2v) is 3.55. The highest BCUT2D eigenvalue weighted by atomic mass is 16.5. The van der Waals surface area contributed by atoms with Gasteiger partial charge in [0.15, 0.2) is 17.0 Å². The maximum Gasteiger partial charge on any atom is 0.224 e. The molecule has 7 heteroatoms. The minimum absolute atomic E-state index is 0.0966. The summed E-state index contributed by atoms with van der Waals surface area (Å²) in [4.78, 5) is 16.2. The van der Waals surface area contributed by atoms with Crippen molar-refractivity contribution in [3.05, 3.63) is 11.9 Å².